The van der Waals surface area contributed by atoms with Crippen molar-refractivity contribution in [2.45, 2.75) is 32.7 Å². The summed E-state index contributed by atoms with van der Waals surface area (Å²) in [4.78, 5) is 17.8. The molecule has 1 fully saturated rings. The predicted octanol–water partition coefficient (Wildman–Crippen LogP) is 3.72. The van der Waals surface area contributed by atoms with E-state index >= 15 is 0 Å². The van der Waals surface area contributed by atoms with E-state index in [9.17, 15) is 4.79 Å². The molecule has 130 valence electrons. The first-order valence-corrected chi connectivity index (χ1v) is 8.98. The van der Waals surface area contributed by atoms with Crippen molar-refractivity contribution < 1.29 is 4.79 Å². The molecule has 6 heteroatoms. The van der Waals surface area contributed by atoms with Crippen LogP contribution in [-0.2, 0) is 4.79 Å². The van der Waals surface area contributed by atoms with Gasteiger partial charge in [0.1, 0.15) is 5.01 Å². The number of aromatic nitrogens is 1. The van der Waals surface area contributed by atoms with Crippen LogP contribution in [0.1, 0.15) is 36.4 Å². The zero-order chi connectivity index (χ0) is 16.2. The second kappa shape index (κ2) is 8.60. The standard InChI is InChI=1S/C18H23N3OS.ClH/c1-12(20-16(22)11-19-10-14-8-9-14)17-13(2)21-18(23-17)15-6-4-3-5-7-15;/h3-7,12,14,19H,8-11H2,1-2H3,(H,20,22);1H. The summed E-state index contributed by atoms with van der Waals surface area (Å²) in [5.41, 5.74) is 2.11. The van der Waals surface area contributed by atoms with Crippen LogP contribution in [0, 0.1) is 12.8 Å². The molecule has 1 aliphatic carbocycles. The predicted molar refractivity (Wildman–Crippen MR) is 102 cm³/mol. The van der Waals surface area contributed by atoms with Gasteiger partial charge in [0.25, 0.3) is 0 Å². The summed E-state index contributed by atoms with van der Waals surface area (Å²) in [6, 6.07) is 10.1. The number of nitrogens with zero attached hydrogens (tertiary/aromatic N) is 1. The number of aryl methyl sites for hydroxylation is 1. The van der Waals surface area contributed by atoms with Gasteiger partial charge in [0, 0.05) is 5.56 Å². The summed E-state index contributed by atoms with van der Waals surface area (Å²) in [6.45, 7) is 5.38. The van der Waals surface area contributed by atoms with E-state index in [4.69, 9.17) is 0 Å². The van der Waals surface area contributed by atoms with Crippen molar-refractivity contribution in [1.29, 1.82) is 0 Å². The van der Waals surface area contributed by atoms with E-state index < -0.39 is 0 Å². The highest BCUT2D eigenvalue weighted by Gasteiger charge is 2.21. The largest absolute Gasteiger partial charge is 0.348 e. The van der Waals surface area contributed by atoms with Crippen LogP contribution in [0.25, 0.3) is 10.6 Å². The molecule has 1 aromatic heterocycles. The normalized spacial score (nSPS) is 14.8. The number of nitrogens with one attached hydrogen (secondary N) is 2. The lowest BCUT2D eigenvalue weighted by Gasteiger charge is -2.13. The quantitative estimate of drug-likeness (QED) is 0.786. The van der Waals surface area contributed by atoms with E-state index in [0.717, 1.165) is 33.6 Å². The molecule has 0 spiro atoms. The van der Waals surface area contributed by atoms with Crippen molar-refractivity contribution in [2.24, 2.45) is 5.92 Å². The zero-order valence-corrected chi connectivity index (χ0v) is 15.7. The Morgan fingerprint density at radius 2 is 2.04 bits per heavy atom. The van der Waals surface area contributed by atoms with E-state index in [0.29, 0.717) is 6.54 Å². The molecule has 3 rings (SSSR count). The first-order valence-electron chi connectivity index (χ1n) is 8.16. The summed E-state index contributed by atoms with van der Waals surface area (Å²) >= 11 is 1.66. The van der Waals surface area contributed by atoms with Gasteiger partial charge >= 0.3 is 0 Å². The van der Waals surface area contributed by atoms with Gasteiger partial charge < -0.3 is 10.6 Å². The van der Waals surface area contributed by atoms with Crippen LogP contribution in [0.2, 0.25) is 0 Å². The summed E-state index contributed by atoms with van der Waals surface area (Å²) in [6.07, 6.45) is 2.60. The highest BCUT2D eigenvalue weighted by molar-refractivity contribution is 7.15. The van der Waals surface area contributed by atoms with Gasteiger partial charge in [-0.2, -0.15) is 0 Å². The number of halogens is 1. The molecule has 1 aromatic carbocycles. The van der Waals surface area contributed by atoms with Crippen LogP contribution in [0.15, 0.2) is 30.3 Å². The summed E-state index contributed by atoms with van der Waals surface area (Å²) in [5, 5.41) is 7.30. The number of hydrogen-bond donors (Lipinski definition) is 2. The minimum Gasteiger partial charge on any atom is -0.348 e. The monoisotopic (exact) mass is 365 g/mol. The Kier molecular flexibility index (Phi) is 6.78. The van der Waals surface area contributed by atoms with Crippen LogP contribution >= 0.6 is 23.7 Å². The minimum atomic E-state index is -0.0137. The molecule has 1 aliphatic rings. The number of rotatable bonds is 7. The average Bonchev–Trinajstić information content (AvgIpc) is 3.28. The van der Waals surface area contributed by atoms with Gasteiger partial charge in [0.05, 0.1) is 23.2 Å². The highest BCUT2D eigenvalue weighted by Crippen LogP contribution is 2.31. The van der Waals surface area contributed by atoms with Gasteiger partial charge in [-0.25, -0.2) is 4.98 Å². The third-order valence-electron chi connectivity index (χ3n) is 4.04. The van der Waals surface area contributed by atoms with Crippen LogP contribution in [0.5, 0.6) is 0 Å². The molecule has 2 N–H and O–H groups in total. The van der Waals surface area contributed by atoms with Gasteiger partial charge in [-0.05, 0) is 39.2 Å². The van der Waals surface area contributed by atoms with Crippen molar-refractivity contribution in [1.82, 2.24) is 15.6 Å². The first-order chi connectivity index (χ1) is 11.1. The maximum atomic E-state index is 12.0. The Labute approximate surface area is 153 Å². The molecular formula is C18H24ClN3OS. The summed E-state index contributed by atoms with van der Waals surface area (Å²) in [7, 11) is 0. The second-order valence-corrected chi connectivity index (χ2v) is 7.23. The molecule has 1 atom stereocenters. The number of thiazole rings is 1. The van der Waals surface area contributed by atoms with Gasteiger partial charge in [0.15, 0.2) is 0 Å². The maximum absolute atomic E-state index is 12.0. The molecule has 1 heterocycles. The minimum absolute atomic E-state index is 0. The van der Waals surface area contributed by atoms with Crippen molar-refractivity contribution in [2.75, 3.05) is 13.1 Å². The van der Waals surface area contributed by atoms with E-state index in [2.05, 4.69) is 27.8 Å². The molecule has 1 saturated carbocycles. The number of carbonyl (C=O) groups is 1. The molecule has 4 nitrogen and oxygen atoms in total. The lowest BCUT2D eigenvalue weighted by Crippen LogP contribution is -2.36. The van der Waals surface area contributed by atoms with Crippen molar-refractivity contribution >= 4 is 29.7 Å². The van der Waals surface area contributed by atoms with Crippen molar-refractivity contribution in [3.05, 3.63) is 40.9 Å². The van der Waals surface area contributed by atoms with Crippen LogP contribution in [-0.4, -0.2) is 24.0 Å². The van der Waals surface area contributed by atoms with E-state index in [-0.39, 0.29) is 24.4 Å². The van der Waals surface area contributed by atoms with Gasteiger partial charge in [-0.15, -0.1) is 23.7 Å². The fourth-order valence-electron chi connectivity index (χ4n) is 2.58. The molecule has 0 bridgehead atoms. The lowest BCUT2D eigenvalue weighted by molar-refractivity contribution is -0.120. The number of hydrogen-bond acceptors (Lipinski definition) is 4. The fraction of sp³-hybridized carbons (Fsp3) is 0.444. The fourth-order valence-corrected chi connectivity index (χ4v) is 3.66. The lowest BCUT2D eigenvalue weighted by atomic mass is 10.2. The second-order valence-electron chi connectivity index (χ2n) is 6.20. The SMILES string of the molecule is Cc1nc(-c2ccccc2)sc1C(C)NC(=O)CNCC1CC1.Cl. The summed E-state index contributed by atoms with van der Waals surface area (Å²) in [5.74, 6) is 0.838. The Hall–Kier alpha value is -1.43. The third kappa shape index (κ3) is 5.03. The number of carbonyl (C=O) groups excluding carboxylic acids is 1. The smallest absolute Gasteiger partial charge is 0.234 e. The average molecular weight is 366 g/mol. The Bertz CT molecular complexity index is 670. The number of amides is 1. The van der Waals surface area contributed by atoms with Gasteiger partial charge in [-0.1, -0.05) is 30.3 Å². The molecular weight excluding hydrogens is 342 g/mol. The molecule has 24 heavy (non-hydrogen) atoms. The number of benzene rings is 1. The van der Waals surface area contributed by atoms with Gasteiger partial charge in [0.2, 0.25) is 5.91 Å². The van der Waals surface area contributed by atoms with Crippen LogP contribution in [0.3, 0.4) is 0 Å². The van der Waals surface area contributed by atoms with E-state index in [1.807, 2.05) is 32.0 Å². The molecule has 1 amide bonds. The molecule has 1 unspecified atom stereocenters. The Morgan fingerprint density at radius 3 is 2.71 bits per heavy atom. The maximum Gasteiger partial charge on any atom is 0.234 e. The molecule has 0 aliphatic heterocycles. The summed E-state index contributed by atoms with van der Waals surface area (Å²) < 4.78 is 0. The van der Waals surface area contributed by atoms with E-state index in [1.54, 1.807) is 11.3 Å². The Balaban J connectivity index is 0.00000208. The van der Waals surface area contributed by atoms with Gasteiger partial charge in [-0.3, -0.25) is 4.79 Å². The highest BCUT2D eigenvalue weighted by atomic mass is 35.5. The molecule has 2 aromatic rings. The van der Waals surface area contributed by atoms with E-state index in [1.165, 1.54) is 12.8 Å². The third-order valence-corrected chi connectivity index (χ3v) is 5.43. The van der Waals surface area contributed by atoms with Crippen LogP contribution < -0.4 is 10.6 Å². The molecule has 0 radical (unpaired) electrons. The zero-order valence-electron chi connectivity index (χ0n) is 14.0. The topological polar surface area (TPSA) is 54.0 Å². The van der Waals surface area contributed by atoms with Crippen LogP contribution in [0.4, 0.5) is 0 Å². The van der Waals surface area contributed by atoms with Crippen molar-refractivity contribution in [3.8, 4) is 10.6 Å². The molecule has 0 saturated heterocycles. The van der Waals surface area contributed by atoms with Crippen molar-refractivity contribution in [3.63, 3.8) is 0 Å². The first kappa shape index (κ1) is 18.9. The Morgan fingerprint density at radius 1 is 1.33 bits per heavy atom.